The third-order valence-electron chi connectivity index (χ3n) is 3.82. The SMILES string of the molecule is FC(F)(F)c1ccccc1-c1cccnc1-c1ccccc1C(F)(F)F. The minimum Gasteiger partial charge on any atom is -0.256 e. The number of hydrogen-bond donors (Lipinski definition) is 0. The fourth-order valence-electron chi connectivity index (χ4n) is 2.74. The molecular formula is C19H11F6N. The molecule has 0 radical (unpaired) electrons. The molecule has 0 aliphatic rings. The van der Waals surface area contributed by atoms with Crippen molar-refractivity contribution in [3.63, 3.8) is 0 Å². The van der Waals surface area contributed by atoms with Crippen LogP contribution in [-0.2, 0) is 12.4 Å². The van der Waals surface area contributed by atoms with Gasteiger partial charge in [-0.05, 0) is 23.8 Å². The lowest BCUT2D eigenvalue weighted by Crippen LogP contribution is -2.09. The molecule has 3 aromatic rings. The van der Waals surface area contributed by atoms with Gasteiger partial charge >= 0.3 is 12.4 Å². The van der Waals surface area contributed by atoms with E-state index in [0.29, 0.717) is 0 Å². The Kier molecular flexibility index (Phi) is 4.48. The lowest BCUT2D eigenvalue weighted by atomic mass is 9.93. The Balaban J connectivity index is 2.29. The molecule has 0 saturated carbocycles. The summed E-state index contributed by atoms with van der Waals surface area (Å²) in [5, 5.41) is 0. The van der Waals surface area contributed by atoms with E-state index in [1.54, 1.807) is 0 Å². The molecule has 7 heteroatoms. The lowest BCUT2D eigenvalue weighted by Gasteiger charge is -2.17. The molecule has 0 unspecified atom stereocenters. The fourth-order valence-corrected chi connectivity index (χ4v) is 2.74. The summed E-state index contributed by atoms with van der Waals surface area (Å²) in [4.78, 5) is 3.96. The average molecular weight is 367 g/mol. The molecule has 0 aliphatic heterocycles. The molecule has 0 atom stereocenters. The van der Waals surface area contributed by atoms with E-state index in [9.17, 15) is 26.3 Å². The van der Waals surface area contributed by atoms with Crippen LogP contribution in [0.25, 0.3) is 22.4 Å². The van der Waals surface area contributed by atoms with Gasteiger partial charge in [-0.25, -0.2) is 0 Å². The molecule has 3 rings (SSSR count). The first kappa shape index (κ1) is 18.0. The van der Waals surface area contributed by atoms with Crippen LogP contribution in [0.4, 0.5) is 26.3 Å². The number of aromatic nitrogens is 1. The topological polar surface area (TPSA) is 12.9 Å². The molecule has 1 heterocycles. The van der Waals surface area contributed by atoms with Crippen molar-refractivity contribution in [1.29, 1.82) is 0 Å². The largest absolute Gasteiger partial charge is 0.417 e. The first-order chi connectivity index (χ1) is 12.2. The second-order valence-corrected chi connectivity index (χ2v) is 5.49. The average Bonchev–Trinajstić information content (AvgIpc) is 2.60. The Morgan fingerprint density at radius 3 is 1.58 bits per heavy atom. The van der Waals surface area contributed by atoms with E-state index in [4.69, 9.17) is 0 Å². The van der Waals surface area contributed by atoms with Gasteiger partial charge in [0.15, 0.2) is 0 Å². The van der Waals surface area contributed by atoms with E-state index in [-0.39, 0.29) is 22.4 Å². The first-order valence-corrected chi connectivity index (χ1v) is 7.48. The number of rotatable bonds is 2. The highest BCUT2D eigenvalue weighted by molar-refractivity contribution is 5.84. The Morgan fingerprint density at radius 1 is 0.538 bits per heavy atom. The van der Waals surface area contributed by atoms with Crippen LogP contribution in [0, 0.1) is 0 Å². The Hall–Kier alpha value is -2.83. The van der Waals surface area contributed by atoms with Crippen molar-refractivity contribution in [3.8, 4) is 22.4 Å². The van der Waals surface area contributed by atoms with Crippen molar-refractivity contribution in [1.82, 2.24) is 4.98 Å². The van der Waals surface area contributed by atoms with E-state index in [0.717, 1.165) is 12.1 Å². The van der Waals surface area contributed by atoms with Gasteiger partial charge in [-0.3, -0.25) is 4.98 Å². The zero-order valence-corrected chi connectivity index (χ0v) is 13.1. The number of nitrogens with zero attached hydrogens (tertiary/aromatic N) is 1. The fraction of sp³-hybridized carbons (Fsp3) is 0.105. The van der Waals surface area contributed by atoms with Gasteiger partial charge in [0.25, 0.3) is 0 Å². The summed E-state index contributed by atoms with van der Waals surface area (Å²) in [5.74, 6) is 0. The quantitative estimate of drug-likeness (QED) is 0.474. The van der Waals surface area contributed by atoms with Gasteiger partial charge in [0.05, 0.1) is 16.8 Å². The zero-order chi connectivity index (χ0) is 18.9. The molecule has 0 fully saturated rings. The van der Waals surface area contributed by atoms with E-state index in [1.165, 1.54) is 54.7 Å². The summed E-state index contributed by atoms with van der Waals surface area (Å²) in [6.45, 7) is 0. The third-order valence-corrected chi connectivity index (χ3v) is 3.82. The molecule has 0 saturated heterocycles. The molecule has 0 spiro atoms. The van der Waals surface area contributed by atoms with Gasteiger partial charge in [-0.2, -0.15) is 26.3 Å². The third kappa shape index (κ3) is 3.42. The van der Waals surface area contributed by atoms with Gasteiger partial charge in [0.1, 0.15) is 0 Å². The number of hydrogen-bond acceptors (Lipinski definition) is 1. The van der Waals surface area contributed by atoms with Crippen molar-refractivity contribution < 1.29 is 26.3 Å². The monoisotopic (exact) mass is 367 g/mol. The normalized spacial score (nSPS) is 12.2. The molecule has 0 aliphatic carbocycles. The van der Waals surface area contributed by atoms with Gasteiger partial charge < -0.3 is 0 Å². The first-order valence-electron chi connectivity index (χ1n) is 7.48. The highest BCUT2D eigenvalue weighted by atomic mass is 19.4. The maximum absolute atomic E-state index is 13.3. The van der Waals surface area contributed by atoms with Crippen molar-refractivity contribution in [3.05, 3.63) is 78.0 Å². The summed E-state index contributed by atoms with van der Waals surface area (Å²) in [6, 6.07) is 12.2. The second kappa shape index (κ2) is 6.48. The predicted molar refractivity (Wildman–Crippen MR) is 85.1 cm³/mol. The predicted octanol–water partition coefficient (Wildman–Crippen LogP) is 6.45. The van der Waals surface area contributed by atoms with Crippen LogP contribution in [0.5, 0.6) is 0 Å². The molecule has 1 aromatic heterocycles. The highest BCUT2D eigenvalue weighted by Gasteiger charge is 2.36. The van der Waals surface area contributed by atoms with E-state index >= 15 is 0 Å². The molecule has 2 aromatic carbocycles. The van der Waals surface area contributed by atoms with Crippen LogP contribution in [0.2, 0.25) is 0 Å². The molecule has 0 N–H and O–H groups in total. The summed E-state index contributed by atoms with van der Waals surface area (Å²) < 4.78 is 80.0. The molecular weight excluding hydrogens is 356 g/mol. The molecule has 1 nitrogen and oxygen atoms in total. The summed E-state index contributed by atoms with van der Waals surface area (Å²) in [6.07, 6.45) is -8.05. The second-order valence-electron chi connectivity index (χ2n) is 5.49. The zero-order valence-electron chi connectivity index (χ0n) is 13.1. The molecule has 0 amide bonds. The summed E-state index contributed by atoms with van der Waals surface area (Å²) >= 11 is 0. The summed E-state index contributed by atoms with van der Waals surface area (Å²) in [7, 11) is 0. The number of halogens is 6. The summed E-state index contributed by atoms with van der Waals surface area (Å²) in [5.41, 5.74) is -2.55. The molecule has 26 heavy (non-hydrogen) atoms. The van der Waals surface area contributed by atoms with E-state index < -0.39 is 23.5 Å². The van der Waals surface area contributed by atoms with Gasteiger partial charge in [0.2, 0.25) is 0 Å². The van der Waals surface area contributed by atoms with E-state index in [1.807, 2.05) is 0 Å². The minimum atomic E-state index is -4.66. The van der Waals surface area contributed by atoms with Crippen LogP contribution in [0.1, 0.15) is 11.1 Å². The van der Waals surface area contributed by atoms with Crippen molar-refractivity contribution in [2.45, 2.75) is 12.4 Å². The van der Waals surface area contributed by atoms with Gasteiger partial charge in [0, 0.05) is 17.3 Å². The molecule has 134 valence electrons. The Morgan fingerprint density at radius 2 is 1.00 bits per heavy atom. The van der Waals surface area contributed by atoms with Crippen LogP contribution in [0.15, 0.2) is 66.9 Å². The Labute approximate surface area is 144 Å². The van der Waals surface area contributed by atoms with Crippen LogP contribution >= 0.6 is 0 Å². The van der Waals surface area contributed by atoms with Gasteiger partial charge in [-0.15, -0.1) is 0 Å². The lowest BCUT2D eigenvalue weighted by molar-refractivity contribution is -0.138. The standard InChI is InChI=1S/C19H11F6N/c20-18(21,22)15-9-3-1-6-12(15)13-8-5-11-26-17(13)14-7-2-4-10-16(14)19(23,24)25/h1-11H. The van der Waals surface area contributed by atoms with Crippen LogP contribution in [0.3, 0.4) is 0 Å². The maximum Gasteiger partial charge on any atom is 0.417 e. The van der Waals surface area contributed by atoms with Crippen LogP contribution in [-0.4, -0.2) is 4.98 Å². The van der Waals surface area contributed by atoms with Crippen molar-refractivity contribution in [2.75, 3.05) is 0 Å². The minimum absolute atomic E-state index is 0.0166. The number of benzene rings is 2. The Bertz CT molecular complexity index is 851. The molecule has 0 bridgehead atoms. The van der Waals surface area contributed by atoms with Crippen molar-refractivity contribution >= 4 is 0 Å². The van der Waals surface area contributed by atoms with Crippen LogP contribution < -0.4 is 0 Å². The smallest absolute Gasteiger partial charge is 0.256 e. The van der Waals surface area contributed by atoms with Gasteiger partial charge in [-0.1, -0.05) is 42.5 Å². The van der Waals surface area contributed by atoms with E-state index in [2.05, 4.69) is 4.98 Å². The highest BCUT2D eigenvalue weighted by Crippen LogP contribution is 2.42. The number of alkyl halides is 6. The number of pyridine rings is 1. The van der Waals surface area contributed by atoms with Crippen molar-refractivity contribution in [2.24, 2.45) is 0 Å². The maximum atomic E-state index is 13.3.